The van der Waals surface area contributed by atoms with Crippen LogP contribution in [0.15, 0.2) is 48.3 Å². The van der Waals surface area contributed by atoms with E-state index in [-0.39, 0.29) is 46.4 Å². The van der Waals surface area contributed by atoms with Crippen molar-refractivity contribution in [1.29, 1.82) is 0 Å². The fourth-order valence-corrected chi connectivity index (χ4v) is 4.95. The first kappa shape index (κ1) is 21.7. The predicted molar refractivity (Wildman–Crippen MR) is 116 cm³/mol. The van der Waals surface area contributed by atoms with Crippen molar-refractivity contribution in [1.82, 2.24) is 0 Å². The van der Waals surface area contributed by atoms with Crippen LogP contribution in [0.3, 0.4) is 0 Å². The molecule has 1 fully saturated rings. The maximum Gasteiger partial charge on any atom is 0.176 e. The van der Waals surface area contributed by atoms with Crippen molar-refractivity contribution in [3.63, 3.8) is 0 Å². The first-order valence-corrected chi connectivity index (χ1v) is 10.7. The number of rotatable bonds is 3. The summed E-state index contributed by atoms with van der Waals surface area (Å²) < 4.78 is 12.5. The highest BCUT2D eigenvalue weighted by Gasteiger charge is 2.56. The molecular weight excluding hydrogens is 396 g/mol. The highest BCUT2D eigenvalue weighted by Crippen LogP contribution is 2.48. The number of aliphatic hydroxyl groups excluding tert-OH is 1. The number of phenols is 2. The van der Waals surface area contributed by atoms with Crippen LogP contribution in [-0.4, -0.2) is 45.0 Å². The fraction of sp³-hybridized carbons (Fsp3) is 0.480. The summed E-state index contributed by atoms with van der Waals surface area (Å²) in [6.07, 6.45) is 6.27. The molecule has 2 aliphatic heterocycles. The van der Waals surface area contributed by atoms with E-state index in [1.165, 1.54) is 24.5 Å². The van der Waals surface area contributed by atoms with Gasteiger partial charge in [0.15, 0.2) is 5.78 Å². The minimum absolute atomic E-state index is 0.0988. The Balaban J connectivity index is 1.75. The van der Waals surface area contributed by atoms with Crippen LogP contribution in [-0.2, 0) is 14.3 Å². The van der Waals surface area contributed by atoms with Gasteiger partial charge in [0, 0.05) is 23.5 Å². The van der Waals surface area contributed by atoms with Crippen molar-refractivity contribution in [3.8, 4) is 11.5 Å². The Morgan fingerprint density at radius 1 is 1.19 bits per heavy atom. The second-order valence-electron chi connectivity index (χ2n) is 9.52. The van der Waals surface area contributed by atoms with Crippen LogP contribution < -0.4 is 0 Å². The number of phenolic OH excluding ortho intramolecular Hbond substituents is 2. The van der Waals surface area contributed by atoms with Crippen molar-refractivity contribution >= 4 is 11.4 Å². The van der Waals surface area contributed by atoms with E-state index < -0.39 is 23.7 Å². The van der Waals surface area contributed by atoms with Crippen LogP contribution >= 0.6 is 0 Å². The molecule has 0 bridgehead atoms. The molecule has 6 heteroatoms. The number of ketones is 1. The maximum absolute atomic E-state index is 13.5. The van der Waals surface area contributed by atoms with Gasteiger partial charge >= 0.3 is 0 Å². The Kier molecular flexibility index (Phi) is 5.48. The molecule has 4 rings (SSSR count). The van der Waals surface area contributed by atoms with Gasteiger partial charge in [-0.15, -0.1) is 0 Å². The quantitative estimate of drug-likeness (QED) is 0.638. The van der Waals surface area contributed by atoms with Crippen molar-refractivity contribution < 1.29 is 29.6 Å². The number of benzene rings is 1. The maximum atomic E-state index is 13.5. The second-order valence-corrected chi connectivity index (χ2v) is 9.52. The number of ether oxygens (including phenoxy) is 2. The Morgan fingerprint density at radius 2 is 1.94 bits per heavy atom. The summed E-state index contributed by atoms with van der Waals surface area (Å²) in [6.45, 7) is 8.01. The standard InChI is InChI=1S/C25H30O6/c1-13(2)5-7-17-23-16(9-10-25(3,4)31-23)21(28)20-22(29)18(12-30-24(17)20)15-8-6-14(26)11-19(15)27/h5-6,8-12,16-17,20-21,23-24,26-28H,7H2,1-4H3. The summed E-state index contributed by atoms with van der Waals surface area (Å²) in [5.41, 5.74) is 1.16. The van der Waals surface area contributed by atoms with Crippen LogP contribution in [0.2, 0.25) is 0 Å². The number of carbonyl (C=O) groups is 1. The third kappa shape index (κ3) is 3.90. The Morgan fingerprint density at radius 3 is 2.61 bits per heavy atom. The summed E-state index contributed by atoms with van der Waals surface area (Å²) in [4.78, 5) is 13.5. The molecule has 2 heterocycles. The van der Waals surface area contributed by atoms with Gasteiger partial charge in [0.25, 0.3) is 0 Å². The van der Waals surface area contributed by atoms with Gasteiger partial charge in [-0.25, -0.2) is 0 Å². The smallest absolute Gasteiger partial charge is 0.176 e. The van der Waals surface area contributed by atoms with E-state index in [4.69, 9.17) is 9.47 Å². The number of aromatic hydroxyl groups is 2. The Labute approximate surface area is 182 Å². The largest absolute Gasteiger partial charge is 0.508 e. The van der Waals surface area contributed by atoms with E-state index in [1.807, 2.05) is 39.8 Å². The van der Waals surface area contributed by atoms with E-state index in [9.17, 15) is 20.1 Å². The lowest BCUT2D eigenvalue weighted by atomic mass is 9.63. The molecule has 6 unspecified atom stereocenters. The molecule has 0 radical (unpaired) electrons. The molecule has 0 aromatic heterocycles. The normalized spacial score (nSPS) is 33.6. The van der Waals surface area contributed by atoms with Crippen LogP contribution in [0.5, 0.6) is 11.5 Å². The molecule has 31 heavy (non-hydrogen) atoms. The van der Waals surface area contributed by atoms with E-state index in [0.29, 0.717) is 6.42 Å². The molecule has 0 amide bonds. The molecule has 1 aliphatic carbocycles. The highest BCUT2D eigenvalue weighted by atomic mass is 16.5. The van der Waals surface area contributed by atoms with Gasteiger partial charge in [-0.3, -0.25) is 4.79 Å². The van der Waals surface area contributed by atoms with E-state index >= 15 is 0 Å². The summed E-state index contributed by atoms with van der Waals surface area (Å²) in [6, 6.07) is 4.06. The lowest BCUT2D eigenvalue weighted by molar-refractivity contribution is -0.194. The lowest BCUT2D eigenvalue weighted by Crippen LogP contribution is -2.61. The number of fused-ring (bicyclic) bond motifs is 2. The van der Waals surface area contributed by atoms with E-state index in [0.717, 1.165) is 5.57 Å². The third-order valence-corrected chi connectivity index (χ3v) is 6.48. The van der Waals surface area contributed by atoms with Gasteiger partial charge in [-0.05, 0) is 46.2 Å². The van der Waals surface area contributed by atoms with Crippen molar-refractivity contribution in [3.05, 3.63) is 53.8 Å². The van der Waals surface area contributed by atoms with Crippen LogP contribution in [0.4, 0.5) is 0 Å². The molecule has 3 N–H and O–H groups in total. The fourth-order valence-electron chi connectivity index (χ4n) is 4.95. The summed E-state index contributed by atoms with van der Waals surface area (Å²) >= 11 is 0. The zero-order valence-electron chi connectivity index (χ0n) is 18.3. The number of allylic oxidation sites excluding steroid dienone is 3. The van der Waals surface area contributed by atoms with Crippen molar-refractivity contribution in [2.24, 2.45) is 17.8 Å². The number of aliphatic hydroxyl groups is 1. The van der Waals surface area contributed by atoms with Crippen LogP contribution in [0, 0.1) is 17.8 Å². The topological polar surface area (TPSA) is 96.2 Å². The van der Waals surface area contributed by atoms with Gasteiger partial charge in [0.1, 0.15) is 17.6 Å². The predicted octanol–water partition coefficient (Wildman–Crippen LogP) is 3.72. The summed E-state index contributed by atoms with van der Waals surface area (Å²) in [7, 11) is 0. The van der Waals surface area contributed by atoms with Gasteiger partial charge < -0.3 is 24.8 Å². The molecule has 166 valence electrons. The lowest BCUT2D eigenvalue weighted by Gasteiger charge is -2.52. The monoisotopic (exact) mass is 426 g/mol. The first-order chi connectivity index (χ1) is 14.6. The Bertz CT molecular complexity index is 968. The molecule has 1 aromatic rings. The van der Waals surface area contributed by atoms with Crippen molar-refractivity contribution in [2.45, 2.75) is 58.0 Å². The highest BCUT2D eigenvalue weighted by molar-refractivity contribution is 6.23. The number of Topliss-reactive ketones (excluding diaryl/α,β-unsaturated/α-hetero) is 1. The molecule has 6 nitrogen and oxygen atoms in total. The average Bonchev–Trinajstić information content (AvgIpc) is 2.67. The van der Waals surface area contributed by atoms with Gasteiger partial charge in [0.2, 0.25) is 0 Å². The van der Waals surface area contributed by atoms with E-state index in [1.54, 1.807) is 0 Å². The summed E-state index contributed by atoms with van der Waals surface area (Å²) in [5, 5.41) is 31.1. The molecular formula is C25H30O6. The molecule has 3 aliphatic rings. The number of carbonyl (C=O) groups excluding carboxylic acids is 1. The van der Waals surface area contributed by atoms with Crippen molar-refractivity contribution in [2.75, 3.05) is 0 Å². The SMILES string of the molecule is CC(C)=CCC1C2OC(C)(C)C=CC2C(O)C2C(=O)C(c3ccc(O)cc3O)=COC12. The van der Waals surface area contributed by atoms with Gasteiger partial charge in [0.05, 0.1) is 35.6 Å². The van der Waals surface area contributed by atoms with E-state index in [2.05, 4.69) is 6.08 Å². The first-order valence-electron chi connectivity index (χ1n) is 10.7. The average molecular weight is 427 g/mol. The molecule has 1 saturated carbocycles. The molecule has 0 saturated heterocycles. The number of hydrogen-bond acceptors (Lipinski definition) is 6. The molecule has 6 atom stereocenters. The minimum Gasteiger partial charge on any atom is -0.508 e. The van der Waals surface area contributed by atoms with Gasteiger partial charge in [-0.2, -0.15) is 0 Å². The minimum atomic E-state index is -0.972. The Hall–Kier alpha value is -2.57. The second kappa shape index (κ2) is 7.84. The zero-order valence-corrected chi connectivity index (χ0v) is 18.3. The third-order valence-electron chi connectivity index (χ3n) is 6.48. The number of hydrogen-bond donors (Lipinski definition) is 3. The van der Waals surface area contributed by atoms with Crippen LogP contribution in [0.25, 0.3) is 5.57 Å². The molecule has 0 spiro atoms. The van der Waals surface area contributed by atoms with Gasteiger partial charge in [-0.1, -0.05) is 23.8 Å². The van der Waals surface area contributed by atoms with Crippen LogP contribution in [0.1, 0.15) is 39.7 Å². The zero-order chi connectivity index (χ0) is 22.5. The summed E-state index contributed by atoms with van der Waals surface area (Å²) in [5.74, 6) is -1.81. The molecule has 1 aromatic carbocycles.